The van der Waals surface area contributed by atoms with Gasteiger partial charge in [0.05, 0.1) is 12.6 Å². The second-order valence-corrected chi connectivity index (χ2v) is 7.63. The Bertz CT molecular complexity index is 566. The lowest BCUT2D eigenvalue weighted by atomic mass is 10.1. The Morgan fingerprint density at radius 3 is 2.67 bits per heavy atom. The Kier molecular flexibility index (Phi) is 4.23. The molecule has 114 valence electrons. The van der Waals surface area contributed by atoms with Gasteiger partial charge in [0.25, 0.3) is 0 Å². The van der Waals surface area contributed by atoms with Gasteiger partial charge in [0, 0.05) is 19.1 Å². The molecule has 1 aromatic rings. The van der Waals surface area contributed by atoms with E-state index < -0.39 is 11.8 Å². The van der Waals surface area contributed by atoms with Crippen molar-refractivity contribution in [2.24, 2.45) is 0 Å². The van der Waals surface area contributed by atoms with Gasteiger partial charge >= 0.3 is 11.8 Å². The predicted molar refractivity (Wildman–Crippen MR) is 78.4 cm³/mol. The van der Waals surface area contributed by atoms with Gasteiger partial charge in [-0.15, -0.1) is 10.2 Å². The Labute approximate surface area is 134 Å². The lowest BCUT2D eigenvalue weighted by molar-refractivity contribution is -0.158. The molecule has 0 radical (unpaired) electrons. The first kappa shape index (κ1) is 14.9. The molecule has 3 rings (SSSR count). The molecule has 0 unspecified atom stereocenters. The summed E-state index contributed by atoms with van der Waals surface area (Å²) in [5, 5.41) is 18.1. The molecule has 0 bridgehead atoms. The van der Waals surface area contributed by atoms with Crippen molar-refractivity contribution in [1.82, 2.24) is 20.0 Å². The average molecular weight is 375 g/mol. The Morgan fingerprint density at radius 1 is 1.24 bits per heavy atom. The van der Waals surface area contributed by atoms with E-state index in [4.69, 9.17) is 0 Å². The average Bonchev–Trinajstić information content (AvgIpc) is 3.04. The molecular formula is C12H15BrN4O3S. The van der Waals surface area contributed by atoms with Gasteiger partial charge in [-0.25, -0.2) is 0 Å². The molecule has 2 atom stereocenters. The van der Waals surface area contributed by atoms with Crippen LogP contribution in [-0.4, -0.2) is 62.2 Å². The number of carbonyl (C=O) groups excluding carboxylic acids is 2. The maximum absolute atomic E-state index is 12.2. The van der Waals surface area contributed by atoms with Crippen molar-refractivity contribution in [2.75, 3.05) is 13.1 Å². The molecule has 2 heterocycles. The number of hydrogen-bond donors (Lipinski definition) is 1. The summed E-state index contributed by atoms with van der Waals surface area (Å²) in [7, 11) is 0. The van der Waals surface area contributed by atoms with Crippen LogP contribution in [0.2, 0.25) is 0 Å². The summed E-state index contributed by atoms with van der Waals surface area (Å²) in [6.45, 7) is 1.32. The first-order valence-electron chi connectivity index (χ1n) is 6.80. The van der Waals surface area contributed by atoms with Crippen molar-refractivity contribution in [3.63, 3.8) is 0 Å². The molecule has 1 N–H and O–H groups in total. The van der Waals surface area contributed by atoms with Gasteiger partial charge in [0.2, 0.25) is 0 Å². The summed E-state index contributed by atoms with van der Waals surface area (Å²) < 4.78 is 0.662. The summed E-state index contributed by atoms with van der Waals surface area (Å²) in [6.07, 6.45) is 1.69. The molecule has 0 spiro atoms. The first-order chi connectivity index (χ1) is 10.0. The minimum Gasteiger partial charge on any atom is -0.393 e. The number of aliphatic hydroxyl groups excluding tert-OH is 1. The van der Waals surface area contributed by atoms with Crippen LogP contribution in [0.15, 0.2) is 3.92 Å². The number of halogens is 1. The van der Waals surface area contributed by atoms with E-state index in [0.717, 1.165) is 6.42 Å². The third-order valence-corrected chi connectivity index (χ3v) is 5.27. The van der Waals surface area contributed by atoms with Gasteiger partial charge in [-0.2, -0.15) is 0 Å². The number of nitrogens with zero attached hydrogens (tertiary/aromatic N) is 4. The number of aliphatic hydroxyl groups is 1. The van der Waals surface area contributed by atoms with E-state index in [2.05, 4.69) is 26.1 Å². The van der Waals surface area contributed by atoms with Crippen LogP contribution in [0.25, 0.3) is 0 Å². The fourth-order valence-corrected chi connectivity index (χ4v) is 4.08. The highest BCUT2D eigenvalue weighted by Gasteiger charge is 2.39. The third-order valence-electron chi connectivity index (χ3n) is 3.93. The normalized spacial score (nSPS) is 26.8. The minimum absolute atomic E-state index is 0.00530. The molecule has 1 aliphatic carbocycles. The van der Waals surface area contributed by atoms with Gasteiger partial charge in [-0.05, 0) is 35.2 Å². The number of rotatable bonds is 3. The van der Waals surface area contributed by atoms with Crippen molar-refractivity contribution in [3.8, 4) is 0 Å². The maximum Gasteiger partial charge on any atom is 0.312 e. The van der Waals surface area contributed by atoms with Crippen molar-refractivity contribution in [3.05, 3.63) is 8.92 Å². The number of hydrogen-bond acceptors (Lipinski definition) is 6. The van der Waals surface area contributed by atoms with Gasteiger partial charge in [0.1, 0.15) is 5.01 Å². The van der Waals surface area contributed by atoms with Gasteiger partial charge in [0.15, 0.2) is 3.92 Å². The summed E-state index contributed by atoms with van der Waals surface area (Å²) in [5.74, 6) is -0.960. The van der Waals surface area contributed by atoms with Gasteiger partial charge < -0.3 is 14.9 Å². The van der Waals surface area contributed by atoms with E-state index in [9.17, 15) is 14.7 Å². The van der Waals surface area contributed by atoms with Crippen molar-refractivity contribution in [2.45, 2.75) is 38.0 Å². The summed E-state index contributed by atoms with van der Waals surface area (Å²) >= 11 is 4.58. The molecule has 1 saturated carbocycles. The number of carbonyl (C=O) groups is 2. The summed E-state index contributed by atoms with van der Waals surface area (Å²) in [4.78, 5) is 27.6. The molecule has 1 saturated heterocycles. The van der Waals surface area contributed by atoms with Gasteiger partial charge in [-0.3, -0.25) is 9.59 Å². The summed E-state index contributed by atoms with van der Waals surface area (Å²) in [5.41, 5.74) is 0. The fourth-order valence-electron chi connectivity index (χ4n) is 2.87. The zero-order chi connectivity index (χ0) is 15.0. The third kappa shape index (κ3) is 3.09. The number of aromatic nitrogens is 2. The molecule has 2 fully saturated rings. The first-order valence-corrected chi connectivity index (χ1v) is 8.41. The predicted octanol–water partition coefficient (Wildman–Crippen LogP) is 0.385. The lowest BCUT2D eigenvalue weighted by Gasteiger charge is -2.36. The van der Waals surface area contributed by atoms with E-state index in [0.29, 0.717) is 41.4 Å². The summed E-state index contributed by atoms with van der Waals surface area (Å²) in [6, 6.07) is -0.00530. The van der Waals surface area contributed by atoms with Gasteiger partial charge in [-0.1, -0.05) is 11.3 Å². The van der Waals surface area contributed by atoms with Crippen LogP contribution < -0.4 is 0 Å². The molecule has 2 aliphatic rings. The highest BCUT2D eigenvalue weighted by Crippen LogP contribution is 2.26. The van der Waals surface area contributed by atoms with Crippen molar-refractivity contribution >= 4 is 39.1 Å². The quantitative estimate of drug-likeness (QED) is 0.773. The molecule has 9 heteroatoms. The van der Waals surface area contributed by atoms with E-state index >= 15 is 0 Å². The highest BCUT2D eigenvalue weighted by atomic mass is 79.9. The van der Waals surface area contributed by atoms with Crippen molar-refractivity contribution < 1.29 is 14.7 Å². The van der Waals surface area contributed by atoms with E-state index in [1.807, 2.05) is 0 Å². The van der Waals surface area contributed by atoms with Crippen LogP contribution in [0.3, 0.4) is 0 Å². The Balaban J connectivity index is 1.64. The molecule has 0 aromatic carbocycles. The fraction of sp³-hybridized carbons (Fsp3) is 0.667. The topological polar surface area (TPSA) is 86.6 Å². The second kappa shape index (κ2) is 5.98. The SMILES string of the molecule is O=C1C(=O)N([C@H]2CC[C@@H](O)C2)CCN1Cc1nnc(Br)s1. The Morgan fingerprint density at radius 2 is 2.05 bits per heavy atom. The van der Waals surface area contributed by atoms with Crippen LogP contribution in [-0.2, 0) is 16.1 Å². The number of piperazine rings is 1. The van der Waals surface area contributed by atoms with Crippen molar-refractivity contribution in [1.29, 1.82) is 0 Å². The smallest absolute Gasteiger partial charge is 0.312 e. The van der Waals surface area contributed by atoms with Crippen LogP contribution >= 0.6 is 27.3 Å². The minimum atomic E-state index is -0.492. The highest BCUT2D eigenvalue weighted by molar-refractivity contribution is 9.11. The van der Waals surface area contributed by atoms with E-state index in [1.54, 1.807) is 4.90 Å². The standard InChI is InChI=1S/C12H15BrN4O3S/c13-12-15-14-9(21-12)6-16-3-4-17(11(20)10(16)19)7-1-2-8(18)5-7/h7-8,18H,1-6H2/t7-,8+/m0/s1. The largest absolute Gasteiger partial charge is 0.393 e. The van der Waals surface area contributed by atoms with Crippen LogP contribution in [0.5, 0.6) is 0 Å². The van der Waals surface area contributed by atoms with Crippen LogP contribution in [0, 0.1) is 0 Å². The molecule has 7 nitrogen and oxygen atoms in total. The zero-order valence-corrected chi connectivity index (χ0v) is 13.6. The van der Waals surface area contributed by atoms with E-state index in [-0.39, 0.29) is 12.1 Å². The molecule has 2 amide bonds. The molecule has 21 heavy (non-hydrogen) atoms. The molecular weight excluding hydrogens is 360 g/mol. The molecule has 1 aliphatic heterocycles. The zero-order valence-electron chi connectivity index (χ0n) is 11.2. The lowest BCUT2D eigenvalue weighted by Crippen LogP contribution is -2.56. The van der Waals surface area contributed by atoms with Crippen LogP contribution in [0.4, 0.5) is 0 Å². The second-order valence-electron chi connectivity index (χ2n) is 5.29. The maximum atomic E-state index is 12.2. The van der Waals surface area contributed by atoms with Crippen LogP contribution in [0.1, 0.15) is 24.3 Å². The Hall–Kier alpha value is -1.06. The number of amides is 2. The molecule has 1 aromatic heterocycles. The monoisotopic (exact) mass is 374 g/mol. The van der Waals surface area contributed by atoms with E-state index in [1.165, 1.54) is 16.2 Å².